The van der Waals surface area contributed by atoms with Gasteiger partial charge in [0.25, 0.3) is 5.56 Å². The van der Waals surface area contributed by atoms with Crippen LogP contribution >= 0.6 is 0 Å². The number of piperidine rings is 1. The van der Waals surface area contributed by atoms with Crippen LogP contribution in [0.5, 0.6) is 0 Å². The Kier molecular flexibility index (Phi) is 3.56. The maximum Gasteiger partial charge on any atom is 0.262 e. The van der Waals surface area contributed by atoms with E-state index in [1.165, 1.54) is 19.3 Å². The van der Waals surface area contributed by atoms with E-state index in [1.807, 2.05) is 7.05 Å². The van der Waals surface area contributed by atoms with Gasteiger partial charge in [0.15, 0.2) is 5.65 Å². The normalized spacial score (nSPS) is 20.6. The maximum absolute atomic E-state index is 12.0. The van der Waals surface area contributed by atoms with E-state index in [2.05, 4.69) is 26.9 Å². The van der Waals surface area contributed by atoms with Crippen LogP contribution in [0.25, 0.3) is 11.0 Å². The first kappa shape index (κ1) is 13.3. The molecular weight excluding hydrogens is 254 g/mol. The van der Waals surface area contributed by atoms with Crippen molar-refractivity contribution in [2.75, 3.05) is 13.1 Å². The van der Waals surface area contributed by atoms with Crippen LogP contribution in [0.15, 0.2) is 11.0 Å². The van der Waals surface area contributed by atoms with Crippen molar-refractivity contribution in [3.05, 3.63) is 22.4 Å². The monoisotopic (exact) mass is 275 g/mol. The number of rotatable bonds is 3. The van der Waals surface area contributed by atoms with Crippen molar-refractivity contribution >= 4 is 11.0 Å². The number of aromatic nitrogens is 4. The van der Waals surface area contributed by atoms with Crippen LogP contribution in [0.2, 0.25) is 0 Å². The lowest BCUT2D eigenvalue weighted by molar-refractivity contribution is 0.161. The van der Waals surface area contributed by atoms with Gasteiger partial charge in [0, 0.05) is 13.6 Å². The molecule has 108 valence electrons. The third kappa shape index (κ3) is 2.47. The lowest BCUT2D eigenvalue weighted by Gasteiger charge is -2.31. The van der Waals surface area contributed by atoms with Crippen LogP contribution in [0.4, 0.5) is 0 Å². The molecule has 0 aromatic carbocycles. The summed E-state index contributed by atoms with van der Waals surface area (Å²) in [4.78, 5) is 21.8. The zero-order chi connectivity index (χ0) is 14.1. The Morgan fingerprint density at radius 3 is 3.15 bits per heavy atom. The number of aromatic amines is 1. The highest BCUT2D eigenvalue weighted by molar-refractivity contribution is 5.72. The molecule has 3 heterocycles. The van der Waals surface area contributed by atoms with Gasteiger partial charge in [-0.3, -0.25) is 14.4 Å². The van der Waals surface area contributed by atoms with E-state index in [0.29, 0.717) is 17.6 Å². The summed E-state index contributed by atoms with van der Waals surface area (Å²) in [5.74, 6) is 1.51. The summed E-state index contributed by atoms with van der Waals surface area (Å²) in [6, 6.07) is 0. The van der Waals surface area contributed by atoms with E-state index in [9.17, 15) is 4.79 Å². The van der Waals surface area contributed by atoms with Gasteiger partial charge in [-0.15, -0.1) is 0 Å². The third-order valence-electron chi connectivity index (χ3n) is 4.20. The molecule has 1 aliphatic rings. The van der Waals surface area contributed by atoms with Crippen LogP contribution in [-0.2, 0) is 13.6 Å². The van der Waals surface area contributed by atoms with E-state index in [0.717, 1.165) is 24.8 Å². The number of hydrogen-bond acceptors (Lipinski definition) is 4. The van der Waals surface area contributed by atoms with Crippen LogP contribution in [0.1, 0.15) is 32.0 Å². The Balaban J connectivity index is 1.83. The minimum Gasteiger partial charge on any atom is -0.309 e. The average Bonchev–Trinajstić information content (AvgIpc) is 2.81. The molecule has 6 nitrogen and oxygen atoms in total. The number of hydrogen-bond donors (Lipinski definition) is 1. The smallest absolute Gasteiger partial charge is 0.262 e. The van der Waals surface area contributed by atoms with Crippen molar-refractivity contribution in [2.45, 2.75) is 32.7 Å². The van der Waals surface area contributed by atoms with Crippen molar-refractivity contribution < 1.29 is 0 Å². The summed E-state index contributed by atoms with van der Waals surface area (Å²) in [5, 5.41) is 4.65. The van der Waals surface area contributed by atoms with Crippen molar-refractivity contribution in [3.8, 4) is 0 Å². The number of aryl methyl sites for hydroxylation is 1. The molecule has 1 fully saturated rings. The molecule has 1 aliphatic heterocycles. The van der Waals surface area contributed by atoms with Crippen LogP contribution < -0.4 is 5.56 Å². The highest BCUT2D eigenvalue weighted by Crippen LogP contribution is 2.20. The van der Waals surface area contributed by atoms with Crippen molar-refractivity contribution in [3.63, 3.8) is 0 Å². The van der Waals surface area contributed by atoms with Gasteiger partial charge in [-0.05, 0) is 25.3 Å². The molecule has 0 radical (unpaired) electrons. The van der Waals surface area contributed by atoms with E-state index in [1.54, 1.807) is 10.9 Å². The van der Waals surface area contributed by atoms with Gasteiger partial charge in [0.1, 0.15) is 11.2 Å². The first-order valence-electron chi connectivity index (χ1n) is 7.30. The lowest BCUT2D eigenvalue weighted by Crippen LogP contribution is -2.35. The van der Waals surface area contributed by atoms with Gasteiger partial charge in [0.05, 0.1) is 12.7 Å². The Morgan fingerprint density at radius 1 is 1.50 bits per heavy atom. The fourth-order valence-corrected chi connectivity index (χ4v) is 2.99. The Hall–Kier alpha value is -1.69. The number of nitrogens with one attached hydrogen (secondary N) is 1. The molecule has 0 spiro atoms. The fraction of sp³-hybridized carbons (Fsp3) is 0.643. The minimum absolute atomic E-state index is 0.0952. The van der Waals surface area contributed by atoms with Crippen LogP contribution in [0.3, 0.4) is 0 Å². The summed E-state index contributed by atoms with van der Waals surface area (Å²) in [6.07, 6.45) is 5.34. The molecule has 0 saturated carbocycles. The second kappa shape index (κ2) is 5.36. The standard InChI is InChI=1S/C14H21N5O/c1-3-10-5-4-6-19(8-10)9-12-16-13-11(14(20)17-12)7-15-18(13)2/h7,10H,3-6,8-9H2,1-2H3,(H,16,17,20). The van der Waals surface area contributed by atoms with E-state index in [-0.39, 0.29) is 5.56 Å². The van der Waals surface area contributed by atoms with Crippen LogP contribution in [-0.4, -0.2) is 37.7 Å². The molecule has 0 bridgehead atoms. The van der Waals surface area contributed by atoms with Gasteiger partial charge < -0.3 is 4.98 Å². The molecule has 1 saturated heterocycles. The van der Waals surface area contributed by atoms with Crippen LogP contribution in [0, 0.1) is 5.92 Å². The Labute approximate surface area is 117 Å². The molecule has 0 aliphatic carbocycles. The zero-order valence-corrected chi connectivity index (χ0v) is 12.1. The Bertz CT molecular complexity index is 659. The summed E-state index contributed by atoms with van der Waals surface area (Å²) < 4.78 is 1.65. The van der Waals surface area contributed by atoms with Crippen molar-refractivity contribution in [1.82, 2.24) is 24.6 Å². The maximum atomic E-state index is 12.0. The first-order valence-corrected chi connectivity index (χ1v) is 7.30. The SMILES string of the molecule is CCC1CCCN(Cc2nc3c(cnn3C)c(=O)[nH]2)C1. The number of fused-ring (bicyclic) bond motifs is 1. The predicted molar refractivity (Wildman–Crippen MR) is 77.4 cm³/mol. The lowest BCUT2D eigenvalue weighted by atomic mass is 9.96. The fourth-order valence-electron chi connectivity index (χ4n) is 2.99. The molecule has 0 amide bonds. The van der Waals surface area contributed by atoms with E-state index < -0.39 is 0 Å². The highest BCUT2D eigenvalue weighted by Gasteiger charge is 2.19. The van der Waals surface area contributed by atoms with Gasteiger partial charge >= 0.3 is 0 Å². The van der Waals surface area contributed by atoms with E-state index >= 15 is 0 Å². The van der Waals surface area contributed by atoms with Gasteiger partial charge in [-0.1, -0.05) is 13.3 Å². The molecule has 2 aromatic rings. The van der Waals surface area contributed by atoms with E-state index in [4.69, 9.17) is 0 Å². The zero-order valence-electron chi connectivity index (χ0n) is 12.1. The second-order valence-corrected chi connectivity index (χ2v) is 5.67. The van der Waals surface area contributed by atoms with Gasteiger partial charge in [0.2, 0.25) is 0 Å². The third-order valence-corrected chi connectivity index (χ3v) is 4.20. The molecule has 6 heteroatoms. The predicted octanol–water partition coefficient (Wildman–Crippen LogP) is 1.28. The summed E-state index contributed by atoms with van der Waals surface area (Å²) in [7, 11) is 1.81. The highest BCUT2D eigenvalue weighted by atomic mass is 16.1. The molecule has 1 N–H and O–H groups in total. The summed E-state index contributed by atoms with van der Waals surface area (Å²) in [5.41, 5.74) is 0.565. The molecule has 1 atom stereocenters. The summed E-state index contributed by atoms with van der Waals surface area (Å²) >= 11 is 0. The minimum atomic E-state index is -0.0952. The van der Waals surface area contributed by atoms with Crippen molar-refractivity contribution in [2.24, 2.45) is 13.0 Å². The first-order chi connectivity index (χ1) is 9.67. The molecule has 3 rings (SSSR count). The van der Waals surface area contributed by atoms with Gasteiger partial charge in [-0.25, -0.2) is 4.98 Å². The number of nitrogens with zero attached hydrogens (tertiary/aromatic N) is 4. The largest absolute Gasteiger partial charge is 0.309 e. The number of likely N-dealkylation sites (tertiary alicyclic amines) is 1. The van der Waals surface area contributed by atoms with Gasteiger partial charge in [-0.2, -0.15) is 5.10 Å². The quantitative estimate of drug-likeness (QED) is 0.916. The molecular formula is C14H21N5O. The average molecular weight is 275 g/mol. The number of H-pyrrole nitrogens is 1. The Morgan fingerprint density at radius 2 is 2.35 bits per heavy atom. The summed E-state index contributed by atoms with van der Waals surface area (Å²) in [6.45, 7) is 5.15. The molecule has 20 heavy (non-hydrogen) atoms. The second-order valence-electron chi connectivity index (χ2n) is 5.67. The van der Waals surface area contributed by atoms with Crippen molar-refractivity contribution in [1.29, 1.82) is 0 Å². The topological polar surface area (TPSA) is 66.8 Å². The molecule has 2 aromatic heterocycles. The molecule has 1 unspecified atom stereocenters.